The molecular formula is C5H16N3O13P3. The normalized spacial score (nSPS) is 9.54. The molecule has 16 nitrogen and oxygen atoms in total. The number of aromatic amines is 2. The number of aliphatic hydroxyl groups excluding tert-OH is 1. The van der Waals surface area contributed by atoms with E-state index in [1.807, 2.05) is 9.97 Å². The van der Waals surface area contributed by atoms with Crippen LogP contribution in [0.1, 0.15) is 0 Å². The highest BCUT2D eigenvalue weighted by atomic mass is 31.2. The van der Waals surface area contributed by atoms with Crippen LogP contribution in [0.3, 0.4) is 0 Å². The van der Waals surface area contributed by atoms with Crippen LogP contribution in [0.15, 0.2) is 14.4 Å². The maximum absolute atomic E-state index is 10.8. The van der Waals surface area contributed by atoms with E-state index in [1.54, 1.807) is 0 Å². The molecule has 0 spiro atoms. The zero-order valence-electron chi connectivity index (χ0n) is 11.4. The van der Waals surface area contributed by atoms with Gasteiger partial charge < -0.3 is 49.1 Å². The molecule has 0 amide bonds. The van der Waals surface area contributed by atoms with Crippen molar-refractivity contribution in [2.75, 3.05) is 6.61 Å². The summed E-state index contributed by atoms with van der Waals surface area (Å²) in [5.74, 6) is 0. The lowest BCUT2D eigenvalue weighted by Crippen LogP contribution is -2.43. The third kappa shape index (κ3) is 26.2. The van der Waals surface area contributed by atoms with E-state index in [-0.39, 0.29) is 13.2 Å². The summed E-state index contributed by atoms with van der Waals surface area (Å²) < 4.78 is 0.696. The number of rotatable bonds is 2. The zero-order chi connectivity index (χ0) is 19.9. The van der Waals surface area contributed by atoms with E-state index in [2.05, 4.69) is 0 Å². The van der Waals surface area contributed by atoms with E-state index < -0.39 is 42.9 Å². The van der Waals surface area contributed by atoms with Crippen LogP contribution < -0.4 is 17.1 Å². The molecule has 0 aliphatic heterocycles. The lowest BCUT2D eigenvalue weighted by atomic mass is 10.7. The highest BCUT2D eigenvalue weighted by Crippen LogP contribution is 2.12. The summed E-state index contributed by atoms with van der Waals surface area (Å²) in [7, 11) is -7.86. The van der Waals surface area contributed by atoms with Gasteiger partial charge in [0.1, 0.15) is 0 Å². The van der Waals surface area contributed by atoms with Gasteiger partial charge in [0.15, 0.2) is 0 Å². The second-order valence-electron chi connectivity index (χ2n) is 2.87. The molecule has 12 N–H and O–H groups in total. The summed E-state index contributed by atoms with van der Waals surface area (Å²) >= 11 is 0. The van der Waals surface area contributed by atoms with Gasteiger partial charge in [0.2, 0.25) is 0 Å². The Kier molecular flexibility index (Phi) is 20.1. The zero-order valence-corrected chi connectivity index (χ0v) is 14.1. The van der Waals surface area contributed by atoms with E-state index in [9.17, 15) is 14.4 Å². The second kappa shape index (κ2) is 17.1. The van der Waals surface area contributed by atoms with Crippen LogP contribution in [0.2, 0.25) is 0 Å². The molecule has 144 valence electrons. The molecular weight excluding hydrogens is 403 g/mol. The summed E-state index contributed by atoms with van der Waals surface area (Å²) in [5.41, 5.74) is -2.49. The first kappa shape index (κ1) is 28.1. The number of nitrogens with one attached hydrogen (secondary N) is 2. The standard InChI is InChI=1S/C5H7N3O4.3H3O3P/c9-2-1-8-4(11)6-3(10)7-5(8)12;3*1-4(2)3/h9H,1-2H2,(H2,6,7,10,11,12);3*1-3H. The van der Waals surface area contributed by atoms with E-state index in [0.29, 0.717) is 4.57 Å². The van der Waals surface area contributed by atoms with Crippen molar-refractivity contribution < 1.29 is 49.1 Å². The fourth-order valence-electron chi connectivity index (χ4n) is 0.756. The Balaban J connectivity index is -0.000000304. The Bertz CT molecular complexity index is 510. The molecule has 0 radical (unpaired) electrons. The smallest absolute Gasteiger partial charge is 0.333 e. The molecule has 24 heavy (non-hydrogen) atoms. The molecule has 1 aromatic heterocycles. The maximum atomic E-state index is 10.8. The largest absolute Gasteiger partial charge is 0.395 e. The molecule has 0 fully saturated rings. The number of H-pyrrole nitrogens is 2. The van der Waals surface area contributed by atoms with Gasteiger partial charge in [-0.1, -0.05) is 0 Å². The minimum atomic E-state index is -2.62. The molecule has 0 aliphatic carbocycles. The van der Waals surface area contributed by atoms with Crippen LogP contribution in [0, 0.1) is 0 Å². The molecule has 0 saturated carbocycles. The van der Waals surface area contributed by atoms with Crippen molar-refractivity contribution in [1.82, 2.24) is 14.5 Å². The van der Waals surface area contributed by atoms with Crippen LogP contribution in [-0.2, 0) is 6.54 Å². The quantitative estimate of drug-likeness (QED) is 0.200. The number of aromatic nitrogens is 3. The number of hydrogen-bond acceptors (Lipinski definition) is 13. The molecule has 1 heterocycles. The summed E-state index contributed by atoms with van der Waals surface area (Å²) in [6, 6.07) is 0. The number of hydrogen-bond donors (Lipinski definition) is 12. The highest BCUT2D eigenvalue weighted by Gasteiger charge is 1.99. The van der Waals surface area contributed by atoms with E-state index in [0.717, 1.165) is 0 Å². The van der Waals surface area contributed by atoms with Crippen molar-refractivity contribution in [3.05, 3.63) is 31.5 Å². The number of nitrogens with zero attached hydrogens (tertiary/aromatic N) is 1. The molecule has 0 bridgehead atoms. The van der Waals surface area contributed by atoms with Gasteiger partial charge in [0, 0.05) is 0 Å². The van der Waals surface area contributed by atoms with Gasteiger partial charge in [-0.15, -0.1) is 0 Å². The van der Waals surface area contributed by atoms with E-state index in [4.69, 9.17) is 49.1 Å². The van der Waals surface area contributed by atoms with Gasteiger partial charge in [-0.05, 0) is 0 Å². The fraction of sp³-hybridized carbons (Fsp3) is 0.400. The third-order valence-electron chi connectivity index (χ3n) is 1.25. The first-order chi connectivity index (χ1) is 10.8. The van der Waals surface area contributed by atoms with Crippen LogP contribution >= 0.6 is 25.8 Å². The minimum Gasteiger partial charge on any atom is -0.395 e. The van der Waals surface area contributed by atoms with Crippen molar-refractivity contribution in [1.29, 1.82) is 0 Å². The molecule has 0 atom stereocenters. The van der Waals surface area contributed by atoms with E-state index >= 15 is 0 Å². The SMILES string of the molecule is O=c1[nH]c(=O)n(CCO)c(=O)[nH]1.OP(O)O.OP(O)O.OP(O)O. The van der Waals surface area contributed by atoms with Crippen molar-refractivity contribution in [2.45, 2.75) is 6.54 Å². The Morgan fingerprint density at radius 3 is 1.17 bits per heavy atom. The van der Waals surface area contributed by atoms with Gasteiger partial charge >= 0.3 is 42.9 Å². The lowest BCUT2D eigenvalue weighted by Gasteiger charge is -1.97. The molecule has 19 heteroatoms. The highest BCUT2D eigenvalue weighted by molar-refractivity contribution is 7.38. The monoisotopic (exact) mass is 419 g/mol. The summed E-state index contributed by atoms with van der Waals surface area (Å²) in [6.45, 7) is -0.472. The third-order valence-corrected chi connectivity index (χ3v) is 1.25. The first-order valence-electron chi connectivity index (χ1n) is 4.99. The lowest BCUT2D eigenvalue weighted by molar-refractivity contribution is 0.270. The second-order valence-corrected chi connectivity index (χ2v) is 4.48. The van der Waals surface area contributed by atoms with Crippen LogP contribution in [0.25, 0.3) is 0 Å². The van der Waals surface area contributed by atoms with Crippen LogP contribution in [0.5, 0.6) is 0 Å². The van der Waals surface area contributed by atoms with Gasteiger partial charge in [-0.2, -0.15) is 0 Å². The van der Waals surface area contributed by atoms with Crippen molar-refractivity contribution in [3.8, 4) is 0 Å². The fourth-order valence-corrected chi connectivity index (χ4v) is 0.756. The van der Waals surface area contributed by atoms with Crippen molar-refractivity contribution >= 4 is 25.8 Å². The minimum absolute atomic E-state index is 0.134. The predicted octanol–water partition coefficient (Wildman–Crippen LogP) is -5.21. The topological polar surface area (TPSA) is 290 Å². The van der Waals surface area contributed by atoms with Gasteiger partial charge in [-0.3, -0.25) is 9.97 Å². The molecule has 0 aliphatic rings. The Hall–Kier alpha value is -0.700. The molecule has 1 aromatic rings. The van der Waals surface area contributed by atoms with Crippen molar-refractivity contribution in [2.24, 2.45) is 0 Å². The maximum Gasteiger partial charge on any atom is 0.333 e. The Morgan fingerprint density at radius 2 is 0.958 bits per heavy atom. The average molecular weight is 419 g/mol. The van der Waals surface area contributed by atoms with Gasteiger partial charge in [0.05, 0.1) is 13.2 Å². The van der Waals surface area contributed by atoms with Gasteiger partial charge in [0.25, 0.3) is 0 Å². The summed E-state index contributed by atoms with van der Waals surface area (Å²) in [5, 5.41) is 8.43. The van der Waals surface area contributed by atoms with Crippen LogP contribution in [0.4, 0.5) is 0 Å². The van der Waals surface area contributed by atoms with Crippen LogP contribution in [-0.4, -0.2) is 70.3 Å². The molecule has 0 unspecified atom stereocenters. The summed E-state index contributed by atoms with van der Waals surface area (Å²) in [6.07, 6.45) is 0. The number of aliphatic hydroxyl groups is 1. The first-order valence-corrected chi connectivity index (χ1v) is 8.59. The Morgan fingerprint density at radius 1 is 0.708 bits per heavy atom. The van der Waals surface area contributed by atoms with Crippen molar-refractivity contribution in [3.63, 3.8) is 0 Å². The average Bonchev–Trinajstić information content (AvgIpc) is 2.31. The molecule has 0 saturated heterocycles. The molecule has 0 aromatic carbocycles. The molecule has 1 rings (SSSR count). The summed E-state index contributed by atoms with van der Waals surface area (Å²) in [4.78, 5) is 101. The Labute approximate surface area is 135 Å². The van der Waals surface area contributed by atoms with Gasteiger partial charge in [-0.25, -0.2) is 19.0 Å². The predicted molar refractivity (Wildman–Crippen MR) is 79.8 cm³/mol. The van der Waals surface area contributed by atoms with E-state index in [1.165, 1.54) is 0 Å².